The van der Waals surface area contributed by atoms with Gasteiger partial charge in [0, 0.05) is 35.9 Å². The minimum Gasteiger partial charge on any atom is -0.369 e. The van der Waals surface area contributed by atoms with Gasteiger partial charge in [-0.05, 0) is 30.9 Å². The van der Waals surface area contributed by atoms with Crippen LogP contribution in [0.5, 0.6) is 0 Å². The van der Waals surface area contributed by atoms with Gasteiger partial charge in [0.05, 0.1) is 5.41 Å². The number of Topliss-reactive ketones (excluding diaryl/α,β-unsaturated/α-hetero) is 1. The first-order valence-corrected chi connectivity index (χ1v) is 9.37. The van der Waals surface area contributed by atoms with E-state index >= 15 is 0 Å². The molecule has 3 aromatic rings. The van der Waals surface area contributed by atoms with Crippen molar-refractivity contribution in [2.75, 3.05) is 0 Å². The molecule has 1 fully saturated rings. The number of nitrogens with zero attached hydrogens (tertiary/aromatic N) is 1. The predicted molar refractivity (Wildman–Crippen MR) is 105 cm³/mol. The van der Waals surface area contributed by atoms with Crippen LogP contribution in [-0.2, 0) is 16.9 Å². The lowest BCUT2D eigenvalue weighted by atomic mass is 9.79. The van der Waals surface area contributed by atoms with E-state index < -0.39 is 11.1 Å². The molecule has 1 aliphatic carbocycles. The number of aliphatic hydroxyl groups is 1. The fraction of sp³-hybridized carbons (Fsp3) is 0.304. The van der Waals surface area contributed by atoms with Gasteiger partial charge in [-0.3, -0.25) is 14.2 Å². The first kappa shape index (κ1) is 16.5. The third-order valence-corrected chi connectivity index (χ3v) is 6.62. The van der Waals surface area contributed by atoms with Crippen LogP contribution in [0.1, 0.15) is 31.0 Å². The number of carbonyl (C=O) groups is 1. The summed E-state index contributed by atoms with van der Waals surface area (Å²) in [5.41, 5.74) is 1.27. The molecule has 1 N–H and O–H groups in total. The smallest absolute Gasteiger partial charge is 0.261 e. The van der Waals surface area contributed by atoms with Crippen molar-refractivity contribution in [3.8, 4) is 11.1 Å². The summed E-state index contributed by atoms with van der Waals surface area (Å²) in [7, 11) is 0. The first-order valence-electron chi connectivity index (χ1n) is 9.37. The number of aromatic nitrogens is 1. The minimum absolute atomic E-state index is 0.0343. The molecule has 1 saturated carbocycles. The molecule has 2 aromatic carbocycles. The number of ketones is 1. The van der Waals surface area contributed by atoms with Crippen LogP contribution in [0.15, 0.2) is 53.3 Å². The van der Waals surface area contributed by atoms with Crippen molar-refractivity contribution in [1.29, 1.82) is 0 Å². The Morgan fingerprint density at radius 1 is 1.00 bits per heavy atom. The van der Waals surface area contributed by atoms with Gasteiger partial charge in [-0.15, -0.1) is 0 Å². The molecule has 136 valence electrons. The van der Waals surface area contributed by atoms with Crippen molar-refractivity contribution >= 4 is 16.6 Å². The molecule has 1 aliphatic heterocycles. The highest BCUT2D eigenvalue weighted by Crippen LogP contribution is 2.55. The molecule has 2 unspecified atom stereocenters. The van der Waals surface area contributed by atoms with E-state index in [0.717, 1.165) is 27.8 Å². The Morgan fingerprint density at radius 3 is 2.37 bits per heavy atom. The summed E-state index contributed by atoms with van der Waals surface area (Å²) >= 11 is 0. The maximum absolute atomic E-state index is 13.3. The van der Waals surface area contributed by atoms with Crippen LogP contribution in [-0.4, -0.2) is 15.5 Å². The maximum Gasteiger partial charge on any atom is 0.261 e. The standard InChI is InChI=1S/C23H21NO3/c1-14-7-9-15(10-8-14)20-16-5-3-4-6-17(16)21(26)24-18(20)13-22(2)19(25)11-12-23(22,24)27/h3-10,27H,11-13H2,1-2H3. The Kier molecular flexibility index (Phi) is 3.15. The van der Waals surface area contributed by atoms with Gasteiger partial charge in [0.1, 0.15) is 5.78 Å². The van der Waals surface area contributed by atoms with Crippen molar-refractivity contribution in [3.63, 3.8) is 0 Å². The monoisotopic (exact) mass is 359 g/mol. The van der Waals surface area contributed by atoms with Gasteiger partial charge in [-0.2, -0.15) is 0 Å². The van der Waals surface area contributed by atoms with Gasteiger partial charge in [-0.1, -0.05) is 48.0 Å². The van der Waals surface area contributed by atoms with Gasteiger partial charge in [0.25, 0.3) is 5.56 Å². The van der Waals surface area contributed by atoms with Gasteiger partial charge < -0.3 is 5.11 Å². The van der Waals surface area contributed by atoms with Crippen LogP contribution in [0.25, 0.3) is 21.9 Å². The normalized spacial score (nSPS) is 26.4. The van der Waals surface area contributed by atoms with E-state index in [0.29, 0.717) is 24.6 Å². The predicted octanol–water partition coefficient (Wildman–Crippen LogP) is 3.55. The van der Waals surface area contributed by atoms with Crippen LogP contribution in [0.3, 0.4) is 0 Å². The quantitative estimate of drug-likeness (QED) is 0.723. The number of benzene rings is 2. The molecule has 0 radical (unpaired) electrons. The Balaban J connectivity index is 1.95. The molecule has 0 saturated heterocycles. The zero-order valence-electron chi connectivity index (χ0n) is 15.5. The number of carbonyl (C=O) groups excluding carboxylic acids is 1. The molecule has 0 bridgehead atoms. The Bertz CT molecular complexity index is 1170. The summed E-state index contributed by atoms with van der Waals surface area (Å²) < 4.78 is 1.52. The van der Waals surface area contributed by atoms with Gasteiger partial charge >= 0.3 is 0 Å². The fourth-order valence-corrected chi connectivity index (χ4v) is 5.00. The van der Waals surface area contributed by atoms with Crippen molar-refractivity contribution in [3.05, 3.63) is 70.1 Å². The van der Waals surface area contributed by atoms with E-state index in [9.17, 15) is 14.7 Å². The van der Waals surface area contributed by atoms with Crippen molar-refractivity contribution in [1.82, 2.24) is 4.57 Å². The van der Waals surface area contributed by atoms with E-state index in [4.69, 9.17) is 0 Å². The molecule has 2 aliphatic rings. The average Bonchev–Trinajstić information content (AvgIpc) is 3.03. The van der Waals surface area contributed by atoms with E-state index in [1.54, 1.807) is 13.0 Å². The highest BCUT2D eigenvalue weighted by atomic mass is 16.3. The summed E-state index contributed by atoms with van der Waals surface area (Å²) in [4.78, 5) is 26.0. The molecule has 5 rings (SSSR count). The third-order valence-electron chi connectivity index (χ3n) is 6.62. The van der Waals surface area contributed by atoms with Crippen molar-refractivity contribution in [2.24, 2.45) is 5.41 Å². The molecule has 2 heterocycles. The molecule has 4 nitrogen and oxygen atoms in total. The van der Waals surface area contributed by atoms with Crippen molar-refractivity contribution < 1.29 is 9.90 Å². The van der Waals surface area contributed by atoms with Crippen LogP contribution in [0, 0.1) is 12.3 Å². The average molecular weight is 359 g/mol. The number of hydrogen-bond donors (Lipinski definition) is 1. The number of rotatable bonds is 1. The molecule has 4 heteroatoms. The Labute approximate surface area is 157 Å². The zero-order valence-corrected chi connectivity index (χ0v) is 15.5. The zero-order chi connectivity index (χ0) is 19.0. The molecular weight excluding hydrogens is 338 g/mol. The second-order valence-electron chi connectivity index (χ2n) is 8.12. The highest BCUT2D eigenvalue weighted by Gasteiger charge is 2.63. The summed E-state index contributed by atoms with van der Waals surface area (Å²) in [5.74, 6) is 0.0343. The lowest BCUT2D eigenvalue weighted by Gasteiger charge is -2.32. The number of hydrogen-bond acceptors (Lipinski definition) is 3. The first-order chi connectivity index (χ1) is 12.9. The molecule has 0 amide bonds. The van der Waals surface area contributed by atoms with Gasteiger partial charge in [-0.25, -0.2) is 0 Å². The summed E-state index contributed by atoms with van der Waals surface area (Å²) in [6, 6.07) is 15.7. The summed E-state index contributed by atoms with van der Waals surface area (Å²) in [6.07, 6.45) is 0.984. The second-order valence-corrected chi connectivity index (χ2v) is 8.12. The molecule has 1 aromatic heterocycles. The Morgan fingerprint density at radius 2 is 1.67 bits per heavy atom. The topological polar surface area (TPSA) is 59.3 Å². The summed E-state index contributed by atoms with van der Waals surface area (Å²) in [5, 5.41) is 13.0. The Hall–Kier alpha value is -2.72. The van der Waals surface area contributed by atoms with E-state index in [2.05, 4.69) is 0 Å². The number of aryl methyl sites for hydroxylation is 1. The van der Waals surface area contributed by atoms with Crippen LogP contribution < -0.4 is 5.56 Å². The number of fused-ring (bicyclic) bond motifs is 4. The highest BCUT2D eigenvalue weighted by molar-refractivity contribution is 5.99. The van der Waals surface area contributed by atoms with Crippen molar-refractivity contribution in [2.45, 2.75) is 38.8 Å². The van der Waals surface area contributed by atoms with Gasteiger partial charge in [0.2, 0.25) is 0 Å². The lowest BCUT2D eigenvalue weighted by molar-refractivity contribution is -0.142. The fourth-order valence-electron chi connectivity index (χ4n) is 5.00. The lowest BCUT2D eigenvalue weighted by Crippen LogP contribution is -2.47. The second kappa shape index (κ2) is 5.17. The summed E-state index contributed by atoms with van der Waals surface area (Å²) in [6.45, 7) is 3.84. The molecule has 0 spiro atoms. The van der Waals surface area contributed by atoms with E-state index in [1.165, 1.54) is 4.57 Å². The van der Waals surface area contributed by atoms with Crippen LogP contribution >= 0.6 is 0 Å². The molecular formula is C23H21NO3. The maximum atomic E-state index is 13.3. The largest absolute Gasteiger partial charge is 0.369 e. The van der Waals surface area contributed by atoms with Crippen LogP contribution in [0.2, 0.25) is 0 Å². The number of pyridine rings is 1. The molecule has 2 atom stereocenters. The third kappa shape index (κ3) is 1.91. The van der Waals surface area contributed by atoms with E-state index in [-0.39, 0.29) is 11.3 Å². The van der Waals surface area contributed by atoms with E-state index in [1.807, 2.05) is 49.4 Å². The van der Waals surface area contributed by atoms with Gasteiger partial charge in [0.15, 0.2) is 5.72 Å². The minimum atomic E-state index is -1.44. The molecule has 27 heavy (non-hydrogen) atoms. The SMILES string of the molecule is Cc1ccc(-c2c3n(c(=O)c4ccccc24)C2(O)CCC(=O)C2(C)C3)cc1. The van der Waals surface area contributed by atoms with Crippen LogP contribution in [0.4, 0.5) is 0 Å².